The van der Waals surface area contributed by atoms with E-state index in [2.05, 4.69) is 44.1 Å². The Morgan fingerprint density at radius 1 is 1.22 bits per heavy atom. The number of nitrogens with one attached hydrogen (secondary N) is 1. The van der Waals surface area contributed by atoms with Gasteiger partial charge in [-0.3, -0.25) is 4.98 Å². The summed E-state index contributed by atoms with van der Waals surface area (Å²) < 4.78 is 0. The fourth-order valence-corrected chi connectivity index (χ4v) is 2.44. The molecule has 0 aliphatic rings. The van der Waals surface area contributed by atoms with Gasteiger partial charge in [-0.05, 0) is 43.4 Å². The second-order valence-electron chi connectivity index (χ2n) is 5.43. The highest BCUT2D eigenvalue weighted by Crippen LogP contribution is 2.24. The summed E-state index contributed by atoms with van der Waals surface area (Å²) in [4.78, 5) is 4.33. The van der Waals surface area contributed by atoms with Crippen molar-refractivity contribution >= 4 is 0 Å². The summed E-state index contributed by atoms with van der Waals surface area (Å²) in [6.07, 6.45) is 8.91. The lowest BCUT2D eigenvalue weighted by atomic mass is 9.93. The summed E-state index contributed by atoms with van der Waals surface area (Å²) in [5, 5.41) is 3.66. The summed E-state index contributed by atoms with van der Waals surface area (Å²) in [5.74, 6) is 0.768. The number of aryl methyl sites for hydroxylation is 1. The van der Waals surface area contributed by atoms with Crippen LogP contribution in [0.25, 0.3) is 0 Å². The molecule has 0 aliphatic heterocycles. The van der Waals surface area contributed by atoms with Gasteiger partial charge in [0.05, 0.1) is 0 Å². The van der Waals surface area contributed by atoms with Crippen LogP contribution in [-0.2, 0) is 0 Å². The quantitative estimate of drug-likeness (QED) is 0.743. The number of hydrogen-bond acceptors (Lipinski definition) is 2. The molecule has 1 rings (SSSR count). The third-order valence-electron chi connectivity index (χ3n) is 3.36. The largest absolute Gasteiger partial charge is 0.310 e. The van der Waals surface area contributed by atoms with Gasteiger partial charge in [0, 0.05) is 18.4 Å². The molecule has 0 saturated carbocycles. The molecule has 0 saturated heterocycles. The van der Waals surface area contributed by atoms with Crippen molar-refractivity contribution < 1.29 is 0 Å². The topological polar surface area (TPSA) is 24.9 Å². The van der Waals surface area contributed by atoms with E-state index in [4.69, 9.17) is 0 Å². The lowest BCUT2D eigenvalue weighted by molar-refractivity contribution is 0.389. The molecule has 1 N–H and O–H groups in total. The van der Waals surface area contributed by atoms with Crippen molar-refractivity contribution in [3.63, 3.8) is 0 Å². The maximum Gasteiger partial charge on any atom is 0.0338 e. The first kappa shape index (κ1) is 15.2. The second kappa shape index (κ2) is 8.25. The maximum atomic E-state index is 4.33. The highest BCUT2D eigenvalue weighted by molar-refractivity contribution is 5.20. The molecule has 0 spiro atoms. The van der Waals surface area contributed by atoms with Crippen LogP contribution in [-0.4, -0.2) is 11.5 Å². The van der Waals surface area contributed by atoms with Crippen LogP contribution >= 0.6 is 0 Å². The van der Waals surface area contributed by atoms with Gasteiger partial charge in [0.15, 0.2) is 0 Å². The Balaban J connectivity index is 2.70. The van der Waals surface area contributed by atoms with E-state index in [-0.39, 0.29) is 0 Å². The smallest absolute Gasteiger partial charge is 0.0338 e. The zero-order valence-corrected chi connectivity index (χ0v) is 12.4. The van der Waals surface area contributed by atoms with E-state index in [1.165, 1.54) is 36.8 Å². The van der Waals surface area contributed by atoms with E-state index in [0.29, 0.717) is 6.04 Å². The van der Waals surface area contributed by atoms with Gasteiger partial charge in [-0.2, -0.15) is 0 Å². The Morgan fingerprint density at radius 2 is 2.00 bits per heavy atom. The molecule has 2 unspecified atom stereocenters. The molecule has 0 fully saturated rings. The van der Waals surface area contributed by atoms with Crippen molar-refractivity contribution in [2.75, 3.05) is 6.54 Å². The van der Waals surface area contributed by atoms with Gasteiger partial charge < -0.3 is 5.32 Å². The molecular formula is C16H28N2. The summed E-state index contributed by atoms with van der Waals surface area (Å²) in [6.45, 7) is 10.0. The Hall–Kier alpha value is -0.890. The van der Waals surface area contributed by atoms with Crippen molar-refractivity contribution in [3.05, 3.63) is 29.6 Å². The van der Waals surface area contributed by atoms with E-state index in [1.54, 1.807) is 0 Å². The lowest BCUT2D eigenvalue weighted by Crippen LogP contribution is -2.24. The molecule has 1 aromatic heterocycles. The molecule has 0 radical (unpaired) electrons. The van der Waals surface area contributed by atoms with Gasteiger partial charge in [-0.25, -0.2) is 0 Å². The van der Waals surface area contributed by atoms with Gasteiger partial charge in [-0.15, -0.1) is 0 Å². The van der Waals surface area contributed by atoms with Gasteiger partial charge in [-0.1, -0.05) is 39.7 Å². The molecule has 0 amide bonds. The van der Waals surface area contributed by atoms with Gasteiger partial charge in [0.25, 0.3) is 0 Å². The van der Waals surface area contributed by atoms with Crippen LogP contribution in [0.1, 0.15) is 63.6 Å². The summed E-state index contributed by atoms with van der Waals surface area (Å²) in [5.41, 5.74) is 2.59. The fourth-order valence-electron chi connectivity index (χ4n) is 2.44. The van der Waals surface area contributed by atoms with Crippen molar-refractivity contribution in [2.24, 2.45) is 5.92 Å². The van der Waals surface area contributed by atoms with E-state index < -0.39 is 0 Å². The number of rotatable bonds is 8. The molecule has 2 nitrogen and oxygen atoms in total. The minimum absolute atomic E-state index is 0.457. The third kappa shape index (κ3) is 5.18. The third-order valence-corrected chi connectivity index (χ3v) is 3.36. The zero-order chi connectivity index (χ0) is 13.4. The molecular weight excluding hydrogens is 220 g/mol. The SMILES string of the molecule is CCCNC(CC(C)CCC)c1cncc(C)c1. The average Bonchev–Trinajstić information content (AvgIpc) is 2.34. The minimum Gasteiger partial charge on any atom is -0.310 e. The summed E-state index contributed by atoms with van der Waals surface area (Å²) in [7, 11) is 0. The monoisotopic (exact) mass is 248 g/mol. The average molecular weight is 248 g/mol. The van der Waals surface area contributed by atoms with E-state index in [9.17, 15) is 0 Å². The molecule has 1 aromatic rings. The molecule has 102 valence electrons. The first-order chi connectivity index (χ1) is 8.67. The van der Waals surface area contributed by atoms with Crippen molar-refractivity contribution in [1.82, 2.24) is 10.3 Å². The highest BCUT2D eigenvalue weighted by atomic mass is 14.9. The molecule has 1 heterocycles. The Bertz CT molecular complexity index is 336. The van der Waals surface area contributed by atoms with E-state index in [0.717, 1.165) is 12.5 Å². The van der Waals surface area contributed by atoms with E-state index >= 15 is 0 Å². The molecule has 0 aromatic carbocycles. The minimum atomic E-state index is 0.457. The first-order valence-electron chi connectivity index (χ1n) is 7.32. The maximum absolute atomic E-state index is 4.33. The van der Waals surface area contributed by atoms with Crippen molar-refractivity contribution in [3.8, 4) is 0 Å². The van der Waals surface area contributed by atoms with Crippen LogP contribution in [0.15, 0.2) is 18.5 Å². The van der Waals surface area contributed by atoms with Gasteiger partial charge in [0.2, 0.25) is 0 Å². The summed E-state index contributed by atoms with van der Waals surface area (Å²) >= 11 is 0. The Labute approximate surface area is 112 Å². The second-order valence-corrected chi connectivity index (χ2v) is 5.43. The standard InChI is InChI=1S/C16H28N2/c1-5-7-13(3)10-16(18-8-6-2)15-9-14(4)11-17-12-15/h9,11-13,16,18H,5-8,10H2,1-4H3. The Kier molecular flexibility index (Phi) is 6.96. The molecule has 2 atom stereocenters. The molecule has 0 bridgehead atoms. The number of hydrogen-bond donors (Lipinski definition) is 1. The predicted molar refractivity (Wildman–Crippen MR) is 78.7 cm³/mol. The number of nitrogens with zero attached hydrogens (tertiary/aromatic N) is 1. The van der Waals surface area contributed by atoms with Crippen LogP contribution in [0.5, 0.6) is 0 Å². The van der Waals surface area contributed by atoms with Crippen LogP contribution in [0, 0.1) is 12.8 Å². The Morgan fingerprint density at radius 3 is 2.61 bits per heavy atom. The zero-order valence-electron chi connectivity index (χ0n) is 12.4. The molecule has 18 heavy (non-hydrogen) atoms. The lowest BCUT2D eigenvalue weighted by Gasteiger charge is -2.22. The summed E-state index contributed by atoms with van der Waals surface area (Å²) in [6, 6.07) is 2.72. The molecule has 2 heteroatoms. The van der Waals surface area contributed by atoms with Crippen LogP contribution in [0.4, 0.5) is 0 Å². The number of aromatic nitrogens is 1. The van der Waals surface area contributed by atoms with Crippen LogP contribution in [0.3, 0.4) is 0 Å². The van der Waals surface area contributed by atoms with Crippen molar-refractivity contribution in [2.45, 2.75) is 59.4 Å². The number of pyridine rings is 1. The van der Waals surface area contributed by atoms with E-state index in [1.807, 2.05) is 12.4 Å². The predicted octanol–water partition coefficient (Wildman–Crippen LogP) is 4.26. The normalized spacial score (nSPS) is 14.4. The fraction of sp³-hybridized carbons (Fsp3) is 0.688. The van der Waals surface area contributed by atoms with Crippen molar-refractivity contribution in [1.29, 1.82) is 0 Å². The van der Waals surface area contributed by atoms with Gasteiger partial charge >= 0.3 is 0 Å². The highest BCUT2D eigenvalue weighted by Gasteiger charge is 2.14. The molecule has 0 aliphatic carbocycles. The van der Waals surface area contributed by atoms with Gasteiger partial charge in [0.1, 0.15) is 0 Å². The van der Waals surface area contributed by atoms with Crippen LogP contribution < -0.4 is 5.32 Å². The first-order valence-corrected chi connectivity index (χ1v) is 7.32. The van der Waals surface area contributed by atoms with Crippen LogP contribution in [0.2, 0.25) is 0 Å².